The van der Waals surface area contributed by atoms with Crippen molar-refractivity contribution in [2.45, 2.75) is 18.9 Å². The molecule has 2 rings (SSSR count). The molecule has 3 nitrogen and oxygen atoms in total. The maximum atomic E-state index is 13.8. The number of aryl methyl sites for hydroxylation is 1. The highest BCUT2D eigenvalue weighted by Crippen LogP contribution is 2.21. The number of nitrogens with zero attached hydrogens (tertiary/aromatic N) is 2. The van der Waals surface area contributed by atoms with Gasteiger partial charge < -0.3 is 9.88 Å². The summed E-state index contributed by atoms with van der Waals surface area (Å²) >= 11 is 6.06. The average molecular weight is 282 g/mol. The second-order valence-electron chi connectivity index (χ2n) is 4.55. The first-order valence-corrected chi connectivity index (χ1v) is 6.56. The lowest BCUT2D eigenvalue weighted by Crippen LogP contribution is -2.31. The normalized spacial score (nSPS) is 12.6. The van der Waals surface area contributed by atoms with Gasteiger partial charge in [-0.15, -0.1) is 0 Å². The molecule has 19 heavy (non-hydrogen) atoms. The molecule has 0 saturated carbocycles. The van der Waals surface area contributed by atoms with Gasteiger partial charge in [0, 0.05) is 42.5 Å². The number of nitrogens with one attached hydrogen (secondary N) is 1. The van der Waals surface area contributed by atoms with Crippen LogP contribution in [0.3, 0.4) is 0 Å². The molecule has 1 unspecified atom stereocenters. The summed E-state index contributed by atoms with van der Waals surface area (Å²) in [6, 6.07) is 4.87. The van der Waals surface area contributed by atoms with Gasteiger partial charge in [0.05, 0.1) is 0 Å². The Morgan fingerprint density at radius 2 is 2.21 bits per heavy atom. The molecule has 1 N–H and O–H groups in total. The summed E-state index contributed by atoms with van der Waals surface area (Å²) in [5, 5.41) is 3.66. The molecule has 1 heterocycles. The summed E-state index contributed by atoms with van der Waals surface area (Å²) in [5.41, 5.74) is 0.553. The lowest BCUT2D eigenvalue weighted by Gasteiger charge is -2.17. The number of rotatable bonds is 5. The van der Waals surface area contributed by atoms with Crippen molar-refractivity contribution in [2.75, 3.05) is 7.05 Å². The van der Waals surface area contributed by atoms with Crippen molar-refractivity contribution in [1.29, 1.82) is 0 Å². The highest BCUT2D eigenvalue weighted by molar-refractivity contribution is 6.31. The first-order valence-electron chi connectivity index (χ1n) is 6.18. The van der Waals surface area contributed by atoms with E-state index in [0.717, 1.165) is 12.2 Å². The van der Waals surface area contributed by atoms with Crippen LogP contribution in [-0.2, 0) is 19.9 Å². The first-order chi connectivity index (χ1) is 9.11. The molecule has 0 radical (unpaired) electrons. The van der Waals surface area contributed by atoms with Crippen LogP contribution in [0.5, 0.6) is 0 Å². The van der Waals surface area contributed by atoms with Crippen molar-refractivity contribution in [3.05, 3.63) is 52.8 Å². The molecular formula is C14H17ClFN3. The highest BCUT2D eigenvalue weighted by Gasteiger charge is 2.15. The third-order valence-corrected chi connectivity index (χ3v) is 3.62. The fourth-order valence-corrected chi connectivity index (χ4v) is 2.30. The summed E-state index contributed by atoms with van der Waals surface area (Å²) in [6.45, 7) is 0. The van der Waals surface area contributed by atoms with E-state index in [1.807, 2.05) is 24.9 Å². The molecule has 0 spiro atoms. The van der Waals surface area contributed by atoms with Gasteiger partial charge >= 0.3 is 0 Å². The van der Waals surface area contributed by atoms with Crippen LogP contribution < -0.4 is 5.32 Å². The molecule has 1 atom stereocenters. The van der Waals surface area contributed by atoms with Gasteiger partial charge in [0.15, 0.2) is 0 Å². The standard InChI is InChI=1S/C14H17ClFN3/c1-17-10(9-14-18-6-7-19(14)2)8-11-12(15)4-3-5-13(11)16/h3-7,10,17H,8-9H2,1-2H3. The van der Waals surface area contributed by atoms with Crippen LogP contribution in [0.1, 0.15) is 11.4 Å². The number of halogens is 2. The summed E-state index contributed by atoms with van der Waals surface area (Å²) < 4.78 is 15.7. The van der Waals surface area contributed by atoms with Gasteiger partial charge in [0.2, 0.25) is 0 Å². The van der Waals surface area contributed by atoms with Gasteiger partial charge in [-0.2, -0.15) is 0 Å². The zero-order chi connectivity index (χ0) is 13.8. The van der Waals surface area contributed by atoms with Crippen molar-refractivity contribution in [3.63, 3.8) is 0 Å². The maximum absolute atomic E-state index is 13.8. The molecule has 1 aromatic heterocycles. The molecule has 0 aliphatic rings. The van der Waals surface area contributed by atoms with Crippen molar-refractivity contribution >= 4 is 11.6 Å². The zero-order valence-electron chi connectivity index (χ0n) is 11.0. The summed E-state index contributed by atoms with van der Waals surface area (Å²) in [7, 11) is 3.81. The Balaban J connectivity index is 2.13. The quantitative estimate of drug-likeness (QED) is 0.913. The van der Waals surface area contributed by atoms with E-state index in [0.29, 0.717) is 17.0 Å². The van der Waals surface area contributed by atoms with Crippen molar-refractivity contribution < 1.29 is 4.39 Å². The minimum absolute atomic E-state index is 0.0931. The van der Waals surface area contributed by atoms with Crippen LogP contribution >= 0.6 is 11.6 Å². The van der Waals surface area contributed by atoms with Crippen LogP contribution in [0.2, 0.25) is 5.02 Å². The monoisotopic (exact) mass is 281 g/mol. The fraction of sp³-hybridized carbons (Fsp3) is 0.357. The topological polar surface area (TPSA) is 29.9 Å². The Labute approximate surface area is 117 Å². The molecule has 2 aromatic rings. The fourth-order valence-electron chi connectivity index (χ4n) is 2.06. The van der Waals surface area contributed by atoms with Gasteiger partial charge in [-0.3, -0.25) is 0 Å². The smallest absolute Gasteiger partial charge is 0.127 e. The van der Waals surface area contributed by atoms with E-state index >= 15 is 0 Å². The molecule has 102 valence electrons. The van der Waals surface area contributed by atoms with E-state index in [9.17, 15) is 4.39 Å². The Hall–Kier alpha value is -1.39. The SMILES string of the molecule is CNC(Cc1c(F)cccc1Cl)Cc1nccn1C. The zero-order valence-corrected chi connectivity index (χ0v) is 11.8. The lowest BCUT2D eigenvalue weighted by atomic mass is 10.0. The number of aromatic nitrogens is 2. The molecule has 0 amide bonds. The predicted molar refractivity (Wildman–Crippen MR) is 74.9 cm³/mol. The average Bonchev–Trinajstić information content (AvgIpc) is 2.78. The van der Waals surface area contributed by atoms with Crippen molar-refractivity contribution in [2.24, 2.45) is 7.05 Å². The van der Waals surface area contributed by atoms with Gasteiger partial charge in [-0.1, -0.05) is 17.7 Å². The van der Waals surface area contributed by atoms with Gasteiger partial charge in [-0.25, -0.2) is 9.37 Å². The van der Waals surface area contributed by atoms with Crippen molar-refractivity contribution in [1.82, 2.24) is 14.9 Å². The van der Waals surface area contributed by atoms with Crippen LogP contribution in [0.15, 0.2) is 30.6 Å². The number of imidazole rings is 1. The second-order valence-corrected chi connectivity index (χ2v) is 4.96. The molecule has 0 aliphatic heterocycles. The highest BCUT2D eigenvalue weighted by atomic mass is 35.5. The maximum Gasteiger partial charge on any atom is 0.127 e. The number of benzene rings is 1. The largest absolute Gasteiger partial charge is 0.338 e. The molecule has 0 fully saturated rings. The first kappa shape index (κ1) is 14.0. The molecule has 0 bridgehead atoms. The van der Waals surface area contributed by atoms with Crippen LogP contribution in [0.25, 0.3) is 0 Å². The van der Waals surface area contributed by atoms with Gasteiger partial charge in [0.25, 0.3) is 0 Å². The molecule has 0 aliphatic carbocycles. The van der Waals surface area contributed by atoms with Crippen LogP contribution in [-0.4, -0.2) is 22.6 Å². The van der Waals surface area contributed by atoms with Crippen molar-refractivity contribution in [3.8, 4) is 0 Å². The van der Waals surface area contributed by atoms with Gasteiger partial charge in [-0.05, 0) is 25.6 Å². The van der Waals surface area contributed by atoms with Gasteiger partial charge in [0.1, 0.15) is 11.6 Å². The number of likely N-dealkylation sites (N-methyl/N-ethyl adjacent to an activating group) is 1. The Morgan fingerprint density at radius 1 is 1.42 bits per heavy atom. The third-order valence-electron chi connectivity index (χ3n) is 3.27. The van der Waals surface area contributed by atoms with E-state index in [1.54, 1.807) is 18.3 Å². The molecule has 1 aromatic carbocycles. The summed E-state index contributed by atoms with van der Waals surface area (Å²) in [6.07, 6.45) is 4.93. The molecule has 0 saturated heterocycles. The molecular weight excluding hydrogens is 265 g/mol. The van der Waals surface area contributed by atoms with E-state index < -0.39 is 0 Å². The number of hydrogen-bond donors (Lipinski definition) is 1. The third kappa shape index (κ3) is 3.33. The minimum Gasteiger partial charge on any atom is -0.338 e. The Bertz CT molecular complexity index is 533. The summed E-state index contributed by atoms with van der Waals surface area (Å²) in [4.78, 5) is 4.29. The van der Waals surface area contributed by atoms with Crippen LogP contribution in [0, 0.1) is 5.82 Å². The van der Waals surface area contributed by atoms with E-state index in [2.05, 4.69) is 10.3 Å². The lowest BCUT2D eigenvalue weighted by molar-refractivity contribution is 0.516. The van der Waals surface area contributed by atoms with E-state index in [-0.39, 0.29) is 11.9 Å². The minimum atomic E-state index is -0.257. The predicted octanol–water partition coefficient (Wildman–Crippen LogP) is 2.59. The van der Waals surface area contributed by atoms with E-state index in [4.69, 9.17) is 11.6 Å². The van der Waals surface area contributed by atoms with E-state index in [1.165, 1.54) is 6.07 Å². The Morgan fingerprint density at radius 3 is 2.79 bits per heavy atom. The second kappa shape index (κ2) is 6.17. The number of hydrogen-bond acceptors (Lipinski definition) is 2. The Kier molecular flexibility index (Phi) is 4.56. The molecule has 5 heteroatoms. The summed E-state index contributed by atoms with van der Waals surface area (Å²) in [5.74, 6) is 0.708. The van der Waals surface area contributed by atoms with Crippen LogP contribution in [0.4, 0.5) is 4.39 Å².